The van der Waals surface area contributed by atoms with E-state index in [9.17, 15) is 9.90 Å². The molecule has 0 spiro atoms. The topological polar surface area (TPSA) is 49.3 Å². The summed E-state index contributed by atoms with van der Waals surface area (Å²) in [5.74, 6) is -0.0739. The average molecular weight is 295 g/mol. The van der Waals surface area contributed by atoms with Gasteiger partial charge >= 0.3 is 0 Å². The van der Waals surface area contributed by atoms with Gasteiger partial charge in [-0.15, -0.1) is 11.3 Å². The summed E-state index contributed by atoms with van der Waals surface area (Å²) in [5.41, 5.74) is -0.277. The molecular formula is C16H25NO2S. The molecule has 20 heavy (non-hydrogen) atoms. The standard InChI is InChI=1S/C16H25NO2S/c1-15(2,16(3,4)19)17-14(18)13-10-11-8-6-5-7-9-12(11)20-13/h10,19H,5-9H2,1-4H3,(H,17,18). The Labute approximate surface area is 125 Å². The third kappa shape index (κ3) is 3.23. The quantitative estimate of drug-likeness (QED) is 0.841. The molecule has 0 radical (unpaired) electrons. The van der Waals surface area contributed by atoms with Gasteiger partial charge in [-0.1, -0.05) is 6.42 Å². The molecular weight excluding hydrogens is 270 g/mol. The number of carbonyl (C=O) groups is 1. The minimum Gasteiger partial charge on any atom is -0.388 e. The van der Waals surface area contributed by atoms with Crippen LogP contribution in [0, 0.1) is 0 Å². The van der Waals surface area contributed by atoms with Crippen LogP contribution in [0.25, 0.3) is 0 Å². The Morgan fingerprint density at radius 2 is 1.85 bits per heavy atom. The van der Waals surface area contributed by atoms with Gasteiger partial charge in [0, 0.05) is 4.88 Å². The van der Waals surface area contributed by atoms with Gasteiger partial charge in [-0.3, -0.25) is 4.79 Å². The SMILES string of the molecule is CC(C)(O)C(C)(C)NC(=O)c1cc2c(s1)CCCCC2. The second kappa shape index (κ2) is 5.49. The second-order valence-corrected chi connectivity index (χ2v) is 7.89. The number of rotatable bonds is 3. The summed E-state index contributed by atoms with van der Waals surface area (Å²) >= 11 is 1.61. The largest absolute Gasteiger partial charge is 0.388 e. The predicted octanol–water partition coefficient (Wildman–Crippen LogP) is 3.30. The molecule has 0 atom stereocenters. The number of thiophene rings is 1. The van der Waals surface area contributed by atoms with E-state index in [0.717, 1.165) is 17.7 Å². The number of nitrogens with one attached hydrogen (secondary N) is 1. The normalized spacial score (nSPS) is 16.4. The van der Waals surface area contributed by atoms with Crippen LogP contribution in [0.15, 0.2) is 6.07 Å². The maximum atomic E-state index is 12.4. The van der Waals surface area contributed by atoms with Gasteiger partial charge in [-0.2, -0.15) is 0 Å². The van der Waals surface area contributed by atoms with Crippen LogP contribution in [0.2, 0.25) is 0 Å². The molecule has 1 aliphatic rings. The highest BCUT2D eigenvalue weighted by atomic mass is 32.1. The molecule has 0 aliphatic heterocycles. The molecule has 0 aromatic carbocycles. The molecule has 1 aromatic heterocycles. The number of fused-ring (bicyclic) bond motifs is 1. The van der Waals surface area contributed by atoms with E-state index in [0.29, 0.717) is 0 Å². The van der Waals surface area contributed by atoms with E-state index in [2.05, 4.69) is 5.32 Å². The van der Waals surface area contributed by atoms with Crippen LogP contribution < -0.4 is 5.32 Å². The Hall–Kier alpha value is -0.870. The smallest absolute Gasteiger partial charge is 0.261 e. The summed E-state index contributed by atoms with van der Waals surface area (Å²) < 4.78 is 0. The second-order valence-electron chi connectivity index (χ2n) is 6.76. The highest BCUT2D eigenvalue weighted by Gasteiger charge is 2.36. The van der Waals surface area contributed by atoms with Crippen molar-refractivity contribution in [3.05, 3.63) is 21.4 Å². The summed E-state index contributed by atoms with van der Waals surface area (Å²) in [6.07, 6.45) is 5.93. The molecule has 0 unspecified atom stereocenters. The first-order valence-corrected chi connectivity index (χ1v) is 8.19. The van der Waals surface area contributed by atoms with Crippen molar-refractivity contribution in [2.75, 3.05) is 0 Å². The minimum absolute atomic E-state index is 0.0739. The summed E-state index contributed by atoms with van der Waals surface area (Å²) in [6, 6.07) is 2.04. The summed E-state index contributed by atoms with van der Waals surface area (Å²) in [7, 11) is 0. The summed E-state index contributed by atoms with van der Waals surface area (Å²) in [5, 5.41) is 13.1. The molecule has 4 heteroatoms. The van der Waals surface area contributed by atoms with Gasteiger partial charge in [0.15, 0.2) is 0 Å². The number of carbonyl (C=O) groups excluding carboxylic acids is 1. The molecule has 1 aromatic rings. The number of hydrogen-bond acceptors (Lipinski definition) is 3. The van der Waals surface area contributed by atoms with Crippen molar-refractivity contribution in [2.24, 2.45) is 0 Å². The lowest BCUT2D eigenvalue weighted by Gasteiger charge is -2.37. The Morgan fingerprint density at radius 1 is 1.20 bits per heavy atom. The van der Waals surface area contributed by atoms with Crippen LogP contribution in [0.3, 0.4) is 0 Å². The van der Waals surface area contributed by atoms with Crippen LogP contribution in [0.1, 0.15) is 67.1 Å². The summed E-state index contributed by atoms with van der Waals surface area (Å²) in [6.45, 7) is 7.14. The fourth-order valence-corrected chi connectivity index (χ4v) is 3.43. The molecule has 112 valence electrons. The van der Waals surface area contributed by atoms with Crippen molar-refractivity contribution >= 4 is 17.2 Å². The lowest BCUT2D eigenvalue weighted by molar-refractivity contribution is -0.00284. The van der Waals surface area contributed by atoms with Gasteiger partial charge in [0.05, 0.1) is 16.0 Å². The van der Waals surface area contributed by atoms with Gasteiger partial charge in [-0.25, -0.2) is 0 Å². The molecule has 1 amide bonds. The van der Waals surface area contributed by atoms with E-state index >= 15 is 0 Å². The van der Waals surface area contributed by atoms with Crippen molar-refractivity contribution in [2.45, 2.75) is 70.9 Å². The first-order chi connectivity index (χ1) is 9.21. The third-order valence-corrected chi connectivity index (χ3v) is 5.66. The van der Waals surface area contributed by atoms with E-state index < -0.39 is 11.1 Å². The van der Waals surface area contributed by atoms with Crippen molar-refractivity contribution in [1.82, 2.24) is 5.32 Å². The van der Waals surface area contributed by atoms with Crippen molar-refractivity contribution in [3.8, 4) is 0 Å². The Kier molecular flexibility index (Phi) is 4.26. The Morgan fingerprint density at radius 3 is 2.50 bits per heavy atom. The first-order valence-electron chi connectivity index (χ1n) is 7.37. The Balaban J connectivity index is 2.14. The highest BCUT2D eigenvalue weighted by Crippen LogP contribution is 2.30. The minimum atomic E-state index is -0.961. The van der Waals surface area contributed by atoms with Gasteiger partial charge in [0.2, 0.25) is 0 Å². The molecule has 2 N–H and O–H groups in total. The zero-order chi connectivity index (χ0) is 15.0. The van der Waals surface area contributed by atoms with Crippen LogP contribution in [0.4, 0.5) is 0 Å². The fraction of sp³-hybridized carbons (Fsp3) is 0.688. The van der Waals surface area contributed by atoms with E-state index in [4.69, 9.17) is 0 Å². The first kappa shape index (κ1) is 15.5. The van der Waals surface area contributed by atoms with Crippen LogP contribution in [-0.4, -0.2) is 22.2 Å². The van der Waals surface area contributed by atoms with Crippen LogP contribution >= 0.6 is 11.3 Å². The van der Waals surface area contributed by atoms with Gasteiger partial charge < -0.3 is 10.4 Å². The van der Waals surface area contributed by atoms with Crippen molar-refractivity contribution in [1.29, 1.82) is 0 Å². The molecule has 0 bridgehead atoms. The zero-order valence-electron chi connectivity index (χ0n) is 12.9. The number of amides is 1. The maximum absolute atomic E-state index is 12.4. The van der Waals surface area contributed by atoms with Gasteiger partial charge in [0.1, 0.15) is 0 Å². The van der Waals surface area contributed by atoms with Crippen LogP contribution in [-0.2, 0) is 12.8 Å². The molecule has 0 fully saturated rings. The van der Waals surface area contributed by atoms with Gasteiger partial charge in [0.25, 0.3) is 5.91 Å². The van der Waals surface area contributed by atoms with E-state index in [-0.39, 0.29) is 5.91 Å². The summed E-state index contributed by atoms with van der Waals surface area (Å²) in [4.78, 5) is 14.5. The molecule has 1 heterocycles. The molecule has 0 saturated heterocycles. The zero-order valence-corrected chi connectivity index (χ0v) is 13.7. The van der Waals surface area contributed by atoms with E-state index in [1.807, 2.05) is 19.9 Å². The lowest BCUT2D eigenvalue weighted by atomic mass is 9.86. The molecule has 1 aliphatic carbocycles. The molecule has 3 nitrogen and oxygen atoms in total. The van der Waals surface area contributed by atoms with Crippen molar-refractivity contribution in [3.63, 3.8) is 0 Å². The Bertz CT molecular complexity index is 474. The lowest BCUT2D eigenvalue weighted by Crippen LogP contribution is -2.57. The average Bonchev–Trinajstić information content (AvgIpc) is 2.59. The predicted molar refractivity (Wildman–Crippen MR) is 83.4 cm³/mol. The number of aliphatic hydroxyl groups is 1. The molecule has 2 rings (SSSR count). The number of aryl methyl sites for hydroxylation is 2. The van der Waals surface area contributed by atoms with E-state index in [1.54, 1.807) is 25.2 Å². The third-order valence-electron chi connectivity index (χ3n) is 4.43. The van der Waals surface area contributed by atoms with Crippen molar-refractivity contribution < 1.29 is 9.90 Å². The van der Waals surface area contributed by atoms with Crippen LogP contribution in [0.5, 0.6) is 0 Å². The van der Waals surface area contributed by atoms with Gasteiger partial charge in [-0.05, 0) is 65.0 Å². The molecule has 0 saturated carbocycles. The fourth-order valence-electron chi connectivity index (χ4n) is 2.28. The highest BCUT2D eigenvalue weighted by molar-refractivity contribution is 7.14. The van der Waals surface area contributed by atoms with E-state index in [1.165, 1.54) is 29.7 Å². The number of hydrogen-bond donors (Lipinski definition) is 2. The monoisotopic (exact) mass is 295 g/mol. The maximum Gasteiger partial charge on any atom is 0.261 e.